The van der Waals surface area contributed by atoms with E-state index in [0.29, 0.717) is 23.5 Å². The van der Waals surface area contributed by atoms with E-state index in [0.717, 1.165) is 6.54 Å². The molecule has 1 amide bonds. The molecule has 4 heteroatoms. The third-order valence-corrected chi connectivity index (χ3v) is 3.55. The van der Waals surface area contributed by atoms with Gasteiger partial charge in [0, 0.05) is 31.4 Å². The van der Waals surface area contributed by atoms with Crippen molar-refractivity contribution in [3.05, 3.63) is 29.6 Å². The number of rotatable bonds is 5. The second-order valence-electron chi connectivity index (χ2n) is 5.69. The maximum atomic E-state index is 12.8. The molecule has 1 N–H and O–H groups in total. The lowest BCUT2D eigenvalue weighted by Crippen LogP contribution is -2.38. The lowest BCUT2D eigenvalue weighted by atomic mass is 10.1. The number of hydrogen-bond donors (Lipinski definition) is 1. The zero-order valence-electron chi connectivity index (χ0n) is 12.7. The maximum absolute atomic E-state index is 12.8. The number of aliphatic hydroxyl groups excluding tert-OH is 1. The van der Waals surface area contributed by atoms with Gasteiger partial charge in [-0.2, -0.15) is 0 Å². The lowest BCUT2D eigenvalue weighted by molar-refractivity contribution is 0.0696. The molecule has 112 valence electrons. The fourth-order valence-electron chi connectivity index (χ4n) is 2.16. The molecule has 0 aromatic carbocycles. The highest BCUT2D eigenvalue weighted by atomic mass is 16.2. The first-order valence-corrected chi connectivity index (χ1v) is 7.48. The fourth-order valence-corrected chi connectivity index (χ4v) is 2.16. The molecule has 4 nitrogen and oxygen atoms in total. The Labute approximate surface area is 126 Å². The van der Waals surface area contributed by atoms with Crippen molar-refractivity contribution >= 4 is 5.91 Å². The van der Waals surface area contributed by atoms with Crippen LogP contribution in [0.2, 0.25) is 0 Å². The van der Waals surface area contributed by atoms with E-state index in [1.807, 2.05) is 18.7 Å². The van der Waals surface area contributed by atoms with Crippen LogP contribution in [0.5, 0.6) is 0 Å². The van der Waals surface area contributed by atoms with Gasteiger partial charge in [-0.1, -0.05) is 11.8 Å². The Bertz CT molecular complexity index is 553. The molecule has 0 atom stereocenters. The molecule has 1 aliphatic rings. The van der Waals surface area contributed by atoms with Crippen molar-refractivity contribution < 1.29 is 9.90 Å². The summed E-state index contributed by atoms with van der Waals surface area (Å²) in [5, 5.41) is 8.80. The van der Waals surface area contributed by atoms with E-state index in [2.05, 4.69) is 16.8 Å². The summed E-state index contributed by atoms with van der Waals surface area (Å²) in [5.41, 5.74) is 1.24. The molecular weight excluding hydrogens is 264 g/mol. The Balaban J connectivity index is 2.22. The van der Waals surface area contributed by atoms with Crippen LogP contribution in [0.25, 0.3) is 0 Å². The number of pyridine rings is 1. The van der Waals surface area contributed by atoms with Crippen molar-refractivity contribution in [2.75, 3.05) is 13.2 Å². The monoisotopic (exact) mass is 286 g/mol. The number of carbonyl (C=O) groups excluding carboxylic acids is 1. The third kappa shape index (κ3) is 4.30. The van der Waals surface area contributed by atoms with E-state index in [1.165, 1.54) is 12.8 Å². The average Bonchev–Trinajstić information content (AvgIpc) is 3.29. The van der Waals surface area contributed by atoms with Gasteiger partial charge in [0.05, 0.1) is 17.7 Å². The minimum atomic E-state index is 0.0209. The highest BCUT2D eigenvalue weighted by Crippen LogP contribution is 2.31. The van der Waals surface area contributed by atoms with Gasteiger partial charge < -0.3 is 10.0 Å². The van der Waals surface area contributed by atoms with Crippen molar-refractivity contribution in [3.63, 3.8) is 0 Å². The second kappa shape index (κ2) is 7.24. The largest absolute Gasteiger partial charge is 0.395 e. The van der Waals surface area contributed by atoms with Crippen molar-refractivity contribution in [3.8, 4) is 11.8 Å². The summed E-state index contributed by atoms with van der Waals surface area (Å²) in [6.45, 7) is 4.93. The van der Waals surface area contributed by atoms with Crippen LogP contribution in [0.4, 0.5) is 0 Å². The average molecular weight is 286 g/mol. The second-order valence-corrected chi connectivity index (χ2v) is 5.69. The van der Waals surface area contributed by atoms with Gasteiger partial charge in [0.1, 0.15) is 0 Å². The number of nitrogens with zero attached hydrogens (tertiary/aromatic N) is 2. The summed E-state index contributed by atoms with van der Waals surface area (Å²) < 4.78 is 0. The van der Waals surface area contributed by atoms with E-state index in [4.69, 9.17) is 5.11 Å². The molecule has 21 heavy (non-hydrogen) atoms. The number of carbonyl (C=O) groups is 1. The Kier molecular flexibility index (Phi) is 5.35. The molecule has 0 spiro atoms. The van der Waals surface area contributed by atoms with Crippen LogP contribution in [0, 0.1) is 17.8 Å². The summed E-state index contributed by atoms with van der Waals surface area (Å²) >= 11 is 0. The standard InChI is InChI=1S/C17H22N2O2/c1-13(2)19(12-14-6-7-14)17(21)16-8-9-18-11-15(16)5-3-4-10-20/h8-9,11,13-14,20H,4,6-7,10,12H2,1-2H3. The van der Waals surface area contributed by atoms with Gasteiger partial charge in [-0.3, -0.25) is 9.78 Å². The molecule has 1 saturated carbocycles. The number of hydrogen-bond acceptors (Lipinski definition) is 3. The normalized spacial score (nSPS) is 13.7. The van der Waals surface area contributed by atoms with Crippen molar-refractivity contribution in [1.29, 1.82) is 0 Å². The third-order valence-electron chi connectivity index (χ3n) is 3.55. The Hall–Kier alpha value is -1.86. The molecule has 0 unspecified atom stereocenters. The first kappa shape index (κ1) is 15.5. The minimum Gasteiger partial charge on any atom is -0.395 e. The zero-order chi connectivity index (χ0) is 15.2. The fraction of sp³-hybridized carbons (Fsp3) is 0.529. The van der Waals surface area contributed by atoms with Crippen LogP contribution in [0.1, 0.15) is 49.0 Å². The van der Waals surface area contributed by atoms with Crippen molar-refractivity contribution in [2.24, 2.45) is 5.92 Å². The summed E-state index contributed by atoms with van der Waals surface area (Å²) in [6, 6.07) is 1.90. The molecule has 1 heterocycles. The molecule has 0 saturated heterocycles. The SMILES string of the molecule is CC(C)N(CC1CC1)C(=O)c1ccncc1C#CCCO. The molecule has 0 aliphatic heterocycles. The highest BCUT2D eigenvalue weighted by molar-refractivity contribution is 5.96. The van der Waals surface area contributed by atoms with Gasteiger partial charge in [-0.15, -0.1) is 0 Å². The topological polar surface area (TPSA) is 53.4 Å². The first-order valence-electron chi connectivity index (χ1n) is 7.48. The minimum absolute atomic E-state index is 0.0209. The Morgan fingerprint density at radius 2 is 2.29 bits per heavy atom. The molecule has 0 bridgehead atoms. The molecule has 0 radical (unpaired) electrons. The van der Waals surface area contributed by atoms with Crippen LogP contribution in [-0.4, -0.2) is 40.1 Å². The predicted octanol–water partition coefficient (Wildman–Crippen LogP) is 2.08. The zero-order valence-corrected chi connectivity index (χ0v) is 12.7. The van der Waals surface area contributed by atoms with E-state index in [-0.39, 0.29) is 18.6 Å². The molecule has 1 aliphatic carbocycles. The predicted molar refractivity (Wildman–Crippen MR) is 81.7 cm³/mol. The molecule has 2 rings (SSSR count). The van der Waals surface area contributed by atoms with E-state index in [9.17, 15) is 4.79 Å². The summed E-state index contributed by atoms with van der Waals surface area (Å²) in [7, 11) is 0. The number of amides is 1. The van der Waals surface area contributed by atoms with E-state index < -0.39 is 0 Å². The van der Waals surface area contributed by atoms with Crippen LogP contribution < -0.4 is 0 Å². The maximum Gasteiger partial charge on any atom is 0.255 e. The summed E-state index contributed by atoms with van der Waals surface area (Å²) in [4.78, 5) is 18.8. The van der Waals surface area contributed by atoms with E-state index >= 15 is 0 Å². The van der Waals surface area contributed by atoms with Crippen LogP contribution in [-0.2, 0) is 0 Å². The smallest absolute Gasteiger partial charge is 0.255 e. The van der Waals surface area contributed by atoms with Gasteiger partial charge in [-0.25, -0.2) is 0 Å². The summed E-state index contributed by atoms with van der Waals surface area (Å²) in [6.07, 6.45) is 6.08. The highest BCUT2D eigenvalue weighted by Gasteiger charge is 2.29. The molecule has 1 fully saturated rings. The van der Waals surface area contributed by atoms with Gasteiger partial charge in [-0.05, 0) is 38.7 Å². The van der Waals surface area contributed by atoms with Crippen LogP contribution in [0.3, 0.4) is 0 Å². The number of aromatic nitrogens is 1. The van der Waals surface area contributed by atoms with Gasteiger partial charge in [0.15, 0.2) is 0 Å². The number of aliphatic hydroxyl groups is 1. The lowest BCUT2D eigenvalue weighted by Gasteiger charge is -2.27. The quantitative estimate of drug-likeness (QED) is 0.843. The van der Waals surface area contributed by atoms with Gasteiger partial charge in [0.25, 0.3) is 5.91 Å². The molecule has 1 aromatic rings. The molecular formula is C17H22N2O2. The van der Waals surface area contributed by atoms with Gasteiger partial charge >= 0.3 is 0 Å². The van der Waals surface area contributed by atoms with Crippen LogP contribution >= 0.6 is 0 Å². The Morgan fingerprint density at radius 3 is 2.90 bits per heavy atom. The van der Waals surface area contributed by atoms with Gasteiger partial charge in [0.2, 0.25) is 0 Å². The van der Waals surface area contributed by atoms with E-state index in [1.54, 1.807) is 18.5 Å². The Morgan fingerprint density at radius 1 is 1.52 bits per heavy atom. The first-order chi connectivity index (χ1) is 10.1. The molecule has 1 aromatic heterocycles. The van der Waals surface area contributed by atoms with Crippen molar-refractivity contribution in [2.45, 2.75) is 39.2 Å². The van der Waals surface area contributed by atoms with Crippen molar-refractivity contribution in [1.82, 2.24) is 9.88 Å². The summed E-state index contributed by atoms with van der Waals surface area (Å²) in [5.74, 6) is 6.47. The van der Waals surface area contributed by atoms with Crippen LogP contribution in [0.15, 0.2) is 18.5 Å².